The Morgan fingerprint density at radius 1 is 0.962 bits per heavy atom. The maximum atomic E-state index is 13.2. The van der Waals surface area contributed by atoms with Gasteiger partial charge in [0.2, 0.25) is 5.95 Å². The van der Waals surface area contributed by atoms with Gasteiger partial charge < -0.3 is 20.1 Å². The van der Waals surface area contributed by atoms with Crippen LogP contribution in [0.2, 0.25) is 5.02 Å². The van der Waals surface area contributed by atoms with E-state index in [-0.39, 0.29) is 11.0 Å². The zero-order valence-electron chi connectivity index (χ0n) is 14.0. The van der Waals surface area contributed by atoms with Gasteiger partial charge in [0.25, 0.3) is 0 Å². The molecule has 0 saturated carbocycles. The summed E-state index contributed by atoms with van der Waals surface area (Å²) in [5, 5.41) is 13.8. The maximum Gasteiger partial charge on any atom is 0.249 e. The quantitative estimate of drug-likeness (QED) is 0.669. The van der Waals surface area contributed by atoms with E-state index in [1.807, 2.05) is 6.07 Å². The number of rotatable bonds is 6. The number of halogens is 2. The third-order valence-corrected chi connectivity index (χ3v) is 3.68. The lowest BCUT2D eigenvalue weighted by Crippen LogP contribution is -2.02. The van der Waals surface area contributed by atoms with Crippen LogP contribution in [-0.4, -0.2) is 29.4 Å². The standard InChI is InChI=1S/C17H15ClFN5O2/c1-25-14-6-4-11(8-15(14)26-2)21-16-9-20-24-17(23-16)22-10-3-5-13(19)12(18)7-10/h3-9H,1-2H3,(H2,21,22,23,24). The minimum Gasteiger partial charge on any atom is -0.493 e. The molecule has 3 rings (SSSR count). The molecule has 7 nitrogen and oxygen atoms in total. The first-order valence-electron chi connectivity index (χ1n) is 7.50. The third-order valence-electron chi connectivity index (χ3n) is 3.39. The van der Waals surface area contributed by atoms with Crippen LogP contribution < -0.4 is 20.1 Å². The normalized spacial score (nSPS) is 10.3. The SMILES string of the molecule is COc1ccc(Nc2cnnc(Nc3ccc(F)c(Cl)c3)n2)cc1OC. The van der Waals surface area contributed by atoms with Crippen molar-refractivity contribution in [1.29, 1.82) is 0 Å². The number of nitrogens with one attached hydrogen (secondary N) is 2. The fraction of sp³-hybridized carbons (Fsp3) is 0.118. The number of aromatic nitrogens is 3. The molecule has 0 fully saturated rings. The molecule has 1 heterocycles. The Morgan fingerprint density at radius 2 is 1.69 bits per heavy atom. The van der Waals surface area contributed by atoms with Gasteiger partial charge in [0, 0.05) is 17.4 Å². The van der Waals surface area contributed by atoms with Gasteiger partial charge in [-0.25, -0.2) is 4.39 Å². The van der Waals surface area contributed by atoms with Crippen molar-refractivity contribution in [2.75, 3.05) is 24.9 Å². The molecule has 0 radical (unpaired) electrons. The summed E-state index contributed by atoms with van der Waals surface area (Å²) in [5.41, 5.74) is 1.28. The second kappa shape index (κ2) is 7.83. The van der Waals surface area contributed by atoms with E-state index >= 15 is 0 Å². The van der Waals surface area contributed by atoms with Crippen molar-refractivity contribution < 1.29 is 13.9 Å². The van der Waals surface area contributed by atoms with Crippen LogP contribution in [0.5, 0.6) is 11.5 Å². The first-order valence-corrected chi connectivity index (χ1v) is 7.87. The molecule has 0 saturated heterocycles. The predicted octanol–water partition coefficient (Wildman–Crippen LogP) is 4.17. The van der Waals surface area contributed by atoms with Gasteiger partial charge in [0.15, 0.2) is 17.3 Å². The summed E-state index contributed by atoms with van der Waals surface area (Å²) in [6.45, 7) is 0. The Kier molecular flexibility index (Phi) is 5.33. The summed E-state index contributed by atoms with van der Waals surface area (Å²) in [5.74, 6) is 1.40. The van der Waals surface area contributed by atoms with E-state index in [4.69, 9.17) is 21.1 Å². The highest BCUT2D eigenvalue weighted by atomic mass is 35.5. The molecular formula is C17H15ClFN5O2. The summed E-state index contributed by atoms with van der Waals surface area (Å²) in [4.78, 5) is 4.31. The topological polar surface area (TPSA) is 81.2 Å². The van der Waals surface area contributed by atoms with Crippen molar-refractivity contribution in [3.05, 3.63) is 53.4 Å². The first kappa shape index (κ1) is 17.7. The minimum absolute atomic E-state index is 0.00238. The Balaban J connectivity index is 1.78. The van der Waals surface area contributed by atoms with Crippen molar-refractivity contribution in [2.24, 2.45) is 0 Å². The third kappa shape index (κ3) is 4.09. The lowest BCUT2D eigenvalue weighted by atomic mass is 10.2. The van der Waals surface area contributed by atoms with Crippen LogP contribution >= 0.6 is 11.6 Å². The van der Waals surface area contributed by atoms with Crippen molar-refractivity contribution in [3.8, 4) is 11.5 Å². The van der Waals surface area contributed by atoms with Crippen molar-refractivity contribution in [1.82, 2.24) is 15.2 Å². The molecule has 0 bridgehead atoms. The molecule has 134 valence electrons. The van der Waals surface area contributed by atoms with Crippen molar-refractivity contribution >= 4 is 34.7 Å². The molecule has 9 heteroatoms. The van der Waals surface area contributed by atoms with Crippen molar-refractivity contribution in [3.63, 3.8) is 0 Å². The monoisotopic (exact) mass is 375 g/mol. The van der Waals surface area contributed by atoms with Crippen LogP contribution in [-0.2, 0) is 0 Å². The van der Waals surface area contributed by atoms with E-state index in [2.05, 4.69) is 25.8 Å². The van der Waals surface area contributed by atoms with E-state index in [0.29, 0.717) is 23.0 Å². The number of benzene rings is 2. The summed E-state index contributed by atoms with van der Waals surface area (Å²) >= 11 is 5.77. The molecule has 0 aliphatic rings. The second-order valence-corrected chi connectivity index (χ2v) is 5.52. The predicted molar refractivity (Wildman–Crippen MR) is 97.3 cm³/mol. The molecule has 0 aliphatic heterocycles. The number of nitrogens with zero attached hydrogens (tertiary/aromatic N) is 3. The maximum absolute atomic E-state index is 13.2. The van der Waals surface area contributed by atoms with Crippen LogP contribution in [0.1, 0.15) is 0 Å². The summed E-state index contributed by atoms with van der Waals surface area (Å²) in [6.07, 6.45) is 1.47. The molecule has 26 heavy (non-hydrogen) atoms. The van der Waals surface area contributed by atoms with Gasteiger partial charge in [-0.1, -0.05) is 11.6 Å². The highest BCUT2D eigenvalue weighted by Gasteiger charge is 2.07. The highest BCUT2D eigenvalue weighted by Crippen LogP contribution is 2.31. The van der Waals surface area contributed by atoms with Gasteiger partial charge >= 0.3 is 0 Å². The van der Waals surface area contributed by atoms with Gasteiger partial charge in [-0.2, -0.15) is 10.1 Å². The number of anilines is 4. The van der Waals surface area contributed by atoms with E-state index in [1.54, 1.807) is 26.4 Å². The smallest absolute Gasteiger partial charge is 0.249 e. The van der Waals surface area contributed by atoms with Crippen LogP contribution in [0.15, 0.2) is 42.6 Å². The fourth-order valence-electron chi connectivity index (χ4n) is 2.18. The molecule has 0 atom stereocenters. The average molecular weight is 376 g/mol. The number of methoxy groups -OCH3 is 2. The molecule has 2 aromatic carbocycles. The molecule has 2 N–H and O–H groups in total. The summed E-state index contributed by atoms with van der Waals surface area (Å²) < 4.78 is 23.7. The molecule has 0 unspecified atom stereocenters. The highest BCUT2D eigenvalue weighted by molar-refractivity contribution is 6.31. The van der Waals surface area contributed by atoms with E-state index < -0.39 is 5.82 Å². The van der Waals surface area contributed by atoms with Gasteiger partial charge in [-0.3, -0.25) is 0 Å². The molecule has 0 spiro atoms. The number of ether oxygens (including phenoxy) is 2. The number of hydrogen-bond acceptors (Lipinski definition) is 7. The first-order chi connectivity index (χ1) is 12.6. The van der Waals surface area contributed by atoms with E-state index in [9.17, 15) is 4.39 Å². The zero-order chi connectivity index (χ0) is 18.5. The fourth-order valence-corrected chi connectivity index (χ4v) is 2.36. The molecule has 0 amide bonds. The van der Waals surface area contributed by atoms with E-state index in [0.717, 1.165) is 5.69 Å². The van der Waals surface area contributed by atoms with Crippen LogP contribution in [0.3, 0.4) is 0 Å². The Bertz CT molecular complexity index is 925. The Hall–Kier alpha value is -3.13. The largest absolute Gasteiger partial charge is 0.493 e. The Labute approximate surface area is 154 Å². The number of hydrogen-bond donors (Lipinski definition) is 2. The summed E-state index contributed by atoms with van der Waals surface area (Å²) in [7, 11) is 3.13. The average Bonchev–Trinajstić information content (AvgIpc) is 2.65. The molecular weight excluding hydrogens is 361 g/mol. The van der Waals surface area contributed by atoms with Crippen LogP contribution in [0.4, 0.5) is 27.5 Å². The second-order valence-electron chi connectivity index (χ2n) is 5.11. The van der Waals surface area contributed by atoms with Gasteiger partial charge in [-0.15, -0.1) is 5.10 Å². The lowest BCUT2D eigenvalue weighted by Gasteiger charge is -2.11. The minimum atomic E-state index is -0.500. The van der Waals surface area contributed by atoms with Gasteiger partial charge in [-0.05, 0) is 30.3 Å². The molecule has 3 aromatic rings. The van der Waals surface area contributed by atoms with Crippen LogP contribution in [0.25, 0.3) is 0 Å². The van der Waals surface area contributed by atoms with Crippen molar-refractivity contribution in [2.45, 2.75) is 0 Å². The summed E-state index contributed by atoms with van der Waals surface area (Å²) in [6, 6.07) is 9.58. The van der Waals surface area contributed by atoms with Gasteiger partial charge in [0.1, 0.15) is 5.82 Å². The van der Waals surface area contributed by atoms with Gasteiger partial charge in [0.05, 0.1) is 25.4 Å². The van der Waals surface area contributed by atoms with E-state index in [1.165, 1.54) is 24.4 Å². The zero-order valence-corrected chi connectivity index (χ0v) is 14.7. The lowest BCUT2D eigenvalue weighted by molar-refractivity contribution is 0.355. The molecule has 0 aliphatic carbocycles. The Morgan fingerprint density at radius 3 is 2.42 bits per heavy atom. The van der Waals surface area contributed by atoms with Crippen LogP contribution in [0, 0.1) is 5.82 Å². The molecule has 1 aromatic heterocycles.